The molecule has 244 valence electrons. The number of methoxy groups -OCH3 is 1. The highest BCUT2D eigenvalue weighted by atomic mass is 32.2. The number of aliphatic carboxylic acids is 1. The lowest BCUT2D eigenvalue weighted by molar-refractivity contribution is -0.135. The number of carboxylic acids is 1. The van der Waals surface area contributed by atoms with Gasteiger partial charge in [0.25, 0.3) is 0 Å². The van der Waals surface area contributed by atoms with Crippen LogP contribution in [0.25, 0.3) is 0 Å². The van der Waals surface area contributed by atoms with Crippen LogP contribution in [0.3, 0.4) is 0 Å². The van der Waals surface area contributed by atoms with Gasteiger partial charge in [0.15, 0.2) is 15.2 Å². The van der Waals surface area contributed by atoms with Gasteiger partial charge in [-0.05, 0) is 80.1 Å². The van der Waals surface area contributed by atoms with Crippen molar-refractivity contribution in [3.63, 3.8) is 0 Å². The number of pyridine rings is 1. The lowest BCUT2D eigenvalue weighted by Crippen LogP contribution is -2.40. The van der Waals surface area contributed by atoms with Crippen molar-refractivity contribution in [3.8, 4) is 5.75 Å². The summed E-state index contributed by atoms with van der Waals surface area (Å²) in [4.78, 5) is 30.0. The van der Waals surface area contributed by atoms with E-state index in [1.54, 1.807) is 32.9 Å². The second-order valence-corrected chi connectivity index (χ2v) is 14.6. The number of anilines is 1. The van der Waals surface area contributed by atoms with Gasteiger partial charge < -0.3 is 14.6 Å². The summed E-state index contributed by atoms with van der Waals surface area (Å²) < 4.78 is 38.8. The van der Waals surface area contributed by atoms with Crippen molar-refractivity contribution >= 4 is 27.7 Å². The number of carboxylic acid groups (broad SMARTS) is 1. The molecule has 1 unspecified atom stereocenters. The molecule has 1 heterocycles. The fourth-order valence-electron chi connectivity index (χ4n) is 4.75. The van der Waals surface area contributed by atoms with E-state index in [9.17, 15) is 23.1 Å². The smallest absolute Gasteiger partial charge is 0.416 e. The van der Waals surface area contributed by atoms with Gasteiger partial charge in [-0.1, -0.05) is 63.9 Å². The van der Waals surface area contributed by atoms with Crippen molar-refractivity contribution in [1.82, 2.24) is 10.3 Å². The first kappa shape index (κ1) is 35.5. The van der Waals surface area contributed by atoms with Crippen LogP contribution in [-0.4, -0.2) is 49.8 Å². The van der Waals surface area contributed by atoms with E-state index in [0.29, 0.717) is 5.75 Å². The normalized spacial score (nSPS) is 12.8. The third-order valence-electron chi connectivity index (χ3n) is 7.29. The van der Waals surface area contributed by atoms with Gasteiger partial charge in [-0.15, -0.1) is 0 Å². The van der Waals surface area contributed by atoms with Crippen molar-refractivity contribution in [2.24, 2.45) is 0 Å². The Morgan fingerprint density at radius 2 is 1.62 bits per heavy atom. The predicted molar refractivity (Wildman–Crippen MR) is 174 cm³/mol. The Bertz CT molecular complexity index is 1550. The predicted octanol–water partition coefficient (Wildman–Crippen LogP) is 6.65. The van der Waals surface area contributed by atoms with Crippen molar-refractivity contribution < 1.29 is 32.6 Å². The molecule has 0 aliphatic heterocycles. The molecule has 2 N–H and O–H groups in total. The van der Waals surface area contributed by atoms with Crippen LogP contribution in [0.1, 0.15) is 83.0 Å². The van der Waals surface area contributed by atoms with Gasteiger partial charge in [0.1, 0.15) is 23.7 Å². The maximum absolute atomic E-state index is 14.1. The molecule has 0 saturated carbocycles. The van der Waals surface area contributed by atoms with Gasteiger partial charge in [-0.25, -0.2) is 18.2 Å². The Morgan fingerprint density at radius 3 is 2.18 bits per heavy atom. The summed E-state index contributed by atoms with van der Waals surface area (Å²) in [5.74, 6) is -0.836. The largest absolute Gasteiger partial charge is 0.497 e. The van der Waals surface area contributed by atoms with Crippen molar-refractivity contribution in [3.05, 3.63) is 83.6 Å². The van der Waals surface area contributed by atoms with Crippen LogP contribution in [-0.2, 0) is 31.3 Å². The molecule has 3 rings (SSSR count). The highest BCUT2D eigenvalue weighted by Gasteiger charge is 2.32. The van der Waals surface area contributed by atoms with Crippen LogP contribution >= 0.6 is 0 Å². The van der Waals surface area contributed by atoms with Gasteiger partial charge in [-0.3, -0.25) is 15.0 Å². The van der Waals surface area contributed by atoms with Crippen LogP contribution < -0.4 is 15.0 Å². The number of amides is 1. The van der Waals surface area contributed by atoms with Crippen molar-refractivity contribution in [1.29, 1.82) is 0 Å². The average Bonchev–Trinajstić information content (AvgIpc) is 2.98. The van der Waals surface area contributed by atoms with E-state index in [0.717, 1.165) is 29.7 Å². The van der Waals surface area contributed by atoms with Crippen LogP contribution in [0.5, 0.6) is 5.75 Å². The number of hydrogen-bond acceptors (Lipinski definition) is 8. The first-order valence-corrected chi connectivity index (χ1v) is 16.5. The number of nitrogens with one attached hydrogen (secondary N) is 1. The number of carbonyl (C=O) groups is 2. The van der Waals surface area contributed by atoms with E-state index >= 15 is 0 Å². The molecular weight excluding hydrogens is 594 g/mol. The molecule has 0 saturated heterocycles. The highest BCUT2D eigenvalue weighted by molar-refractivity contribution is 7.91. The van der Waals surface area contributed by atoms with Gasteiger partial charge in [0, 0.05) is 6.54 Å². The molecular formula is C34H45N3O7S. The second-order valence-electron chi connectivity index (χ2n) is 12.5. The zero-order valence-corrected chi connectivity index (χ0v) is 28.0. The quantitative estimate of drug-likeness (QED) is 0.199. The fourth-order valence-corrected chi connectivity index (χ4v) is 6.29. The first-order valence-electron chi connectivity index (χ1n) is 15.0. The third kappa shape index (κ3) is 9.76. The number of ether oxygens (including phenoxy) is 2. The molecule has 10 nitrogen and oxygen atoms in total. The monoisotopic (exact) mass is 639 g/mol. The number of carbonyl (C=O) groups excluding carboxylic acids is 1. The van der Waals surface area contributed by atoms with E-state index in [-0.39, 0.29) is 28.4 Å². The number of sulfone groups is 1. The Hall–Kier alpha value is -3.96. The summed E-state index contributed by atoms with van der Waals surface area (Å²) >= 11 is 0. The van der Waals surface area contributed by atoms with Crippen LogP contribution in [0.4, 0.5) is 10.6 Å². The molecule has 1 atom stereocenters. The summed E-state index contributed by atoms with van der Waals surface area (Å²) in [5.41, 5.74) is 1.28. The van der Waals surface area contributed by atoms with Gasteiger partial charge >= 0.3 is 12.1 Å². The zero-order valence-electron chi connectivity index (χ0n) is 27.2. The molecule has 0 aliphatic carbocycles. The van der Waals surface area contributed by atoms with Crippen LogP contribution in [0, 0.1) is 0 Å². The maximum atomic E-state index is 14.1. The number of nitrogens with zero attached hydrogens (tertiary/aromatic N) is 2. The summed E-state index contributed by atoms with van der Waals surface area (Å²) in [5, 5.41) is 11.3. The minimum atomic E-state index is -4.09. The topological polar surface area (TPSA) is 135 Å². The standard InChI is InChI=1S/C34H45N3O7S/c1-8-9-21-34(5,6)25-15-13-24(14-16-25)22-35-31(45(41,42)27-19-17-26(43-7)18-20-27)28-11-10-12-29(36-28)37(23-30(38)39)32(40)44-33(2,3)4/h10-20,31,35H,8-9,21-23H2,1-7H3,(H,38,39). The second kappa shape index (κ2) is 14.9. The number of hydrogen-bond donors (Lipinski definition) is 2. The molecule has 45 heavy (non-hydrogen) atoms. The van der Waals surface area contributed by atoms with Gasteiger partial charge in [-0.2, -0.15) is 0 Å². The lowest BCUT2D eigenvalue weighted by atomic mass is 9.80. The Balaban J connectivity index is 2.01. The number of rotatable bonds is 14. The minimum Gasteiger partial charge on any atom is -0.497 e. The van der Waals surface area contributed by atoms with E-state index in [1.165, 1.54) is 43.0 Å². The molecule has 0 radical (unpaired) electrons. The van der Waals surface area contributed by atoms with E-state index in [2.05, 4.69) is 43.2 Å². The minimum absolute atomic E-state index is 0.0164. The Labute approximate surface area is 266 Å². The zero-order chi connectivity index (χ0) is 33.4. The summed E-state index contributed by atoms with van der Waals surface area (Å²) in [6, 6.07) is 18.6. The first-order chi connectivity index (χ1) is 21.1. The third-order valence-corrected chi connectivity index (χ3v) is 9.25. The Kier molecular flexibility index (Phi) is 11.7. The number of unbranched alkanes of at least 4 members (excludes halogenated alkanes) is 1. The summed E-state index contributed by atoms with van der Waals surface area (Å²) in [6.45, 7) is 11.1. The summed E-state index contributed by atoms with van der Waals surface area (Å²) in [6.07, 6.45) is 2.40. The molecule has 0 spiro atoms. The number of aromatic nitrogens is 1. The van der Waals surface area contributed by atoms with Crippen molar-refractivity contribution in [2.75, 3.05) is 18.6 Å². The molecule has 2 aromatic carbocycles. The van der Waals surface area contributed by atoms with Crippen LogP contribution in [0.2, 0.25) is 0 Å². The molecule has 1 aromatic heterocycles. The number of benzene rings is 2. The van der Waals surface area contributed by atoms with E-state index in [4.69, 9.17) is 9.47 Å². The van der Waals surface area contributed by atoms with Gasteiger partial charge in [0.05, 0.1) is 17.7 Å². The maximum Gasteiger partial charge on any atom is 0.416 e. The summed E-state index contributed by atoms with van der Waals surface area (Å²) in [7, 11) is -2.59. The molecule has 0 aliphatic rings. The van der Waals surface area contributed by atoms with Crippen LogP contribution in [0.15, 0.2) is 71.6 Å². The lowest BCUT2D eigenvalue weighted by Gasteiger charge is -2.27. The molecule has 3 aromatic rings. The average molecular weight is 640 g/mol. The highest BCUT2D eigenvalue weighted by Crippen LogP contribution is 2.31. The van der Waals surface area contributed by atoms with E-state index in [1.807, 2.05) is 12.1 Å². The molecule has 11 heteroatoms. The molecule has 0 fully saturated rings. The SMILES string of the molecule is CCCCC(C)(C)c1ccc(CNC(c2cccc(N(CC(=O)O)C(=O)OC(C)(C)C)n2)S(=O)(=O)c2ccc(OC)cc2)cc1. The van der Waals surface area contributed by atoms with E-state index < -0.39 is 39.4 Å². The fraction of sp³-hybridized carbons (Fsp3) is 0.441. The van der Waals surface area contributed by atoms with Crippen molar-refractivity contribution in [2.45, 2.75) is 88.6 Å². The molecule has 0 bridgehead atoms. The Morgan fingerprint density at radius 1 is 0.978 bits per heavy atom. The molecule has 1 amide bonds. The van der Waals surface area contributed by atoms with Gasteiger partial charge in [0.2, 0.25) is 0 Å².